The molecular weight excluding hydrogens is 348 g/mol. The van der Waals surface area contributed by atoms with Gasteiger partial charge < -0.3 is 9.47 Å². The zero-order chi connectivity index (χ0) is 15.9. The molecule has 0 saturated carbocycles. The second kappa shape index (κ2) is 7.61. The minimum absolute atomic E-state index is 0.279. The van der Waals surface area contributed by atoms with E-state index in [1.807, 2.05) is 0 Å². The number of nitrogens with one attached hydrogen (secondary N) is 1. The van der Waals surface area contributed by atoms with Crippen LogP contribution in [-0.4, -0.2) is 26.3 Å². The van der Waals surface area contributed by atoms with E-state index in [0.717, 1.165) is 10.0 Å². The lowest BCUT2D eigenvalue weighted by Gasteiger charge is -2.05. The van der Waals surface area contributed by atoms with Crippen LogP contribution in [-0.2, 0) is 0 Å². The maximum Gasteiger partial charge on any atom is 0.271 e. The lowest BCUT2D eigenvalue weighted by Crippen LogP contribution is -2.17. The molecule has 114 valence electrons. The molecular formula is C16H15BrN2O3. The van der Waals surface area contributed by atoms with Crippen LogP contribution < -0.4 is 14.9 Å². The fourth-order valence-electron chi connectivity index (χ4n) is 1.74. The Morgan fingerprint density at radius 2 is 1.68 bits per heavy atom. The summed E-state index contributed by atoms with van der Waals surface area (Å²) in [5, 5.41) is 3.94. The normalized spacial score (nSPS) is 10.5. The number of amides is 1. The molecule has 0 aromatic heterocycles. The number of carbonyl (C=O) groups excluding carboxylic acids is 1. The summed E-state index contributed by atoms with van der Waals surface area (Å²) in [5.74, 6) is 1.03. The van der Waals surface area contributed by atoms with Gasteiger partial charge >= 0.3 is 0 Å². The number of carbonyl (C=O) groups is 1. The predicted molar refractivity (Wildman–Crippen MR) is 88.7 cm³/mol. The van der Waals surface area contributed by atoms with Crippen molar-refractivity contribution in [1.82, 2.24) is 5.43 Å². The highest BCUT2D eigenvalue weighted by atomic mass is 79.9. The first-order chi connectivity index (χ1) is 10.6. The standard InChI is InChI=1S/C16H15BrN2O3/c1-21-14-7-11(8-15(9-14)22-2)10-18-19-16(20)12-3-5-13(17)6-4-12/h3-10H,1-2H3,(H,19,20)/b18-10+. The van der Waals surface area contributed by atoms with Crippen molar-refractivity contribution in [3.8, 4) is 11.5 Å². The molecule has 0 unspecified atom stereocenters. The van der Waals surface area contributed by atoms with Gasteiger partial charge in [-0.2, -0.15) is 5.10 Å². The largest absolute Gasteiger partial charge is 0.497 e. The van der Waals surface area contributed by atoms with E-state index in [2.05, 4.69) is 26.5 Å². The van der Waals surface area contributed by atoms with Gasteiger partial charge in [0.25, 0.3) is 5.91 Å². The number of benzene rings is 2. The first-order valence-electron chi connectivity index (χ1n) is 6.44. The summed E-state index contributed by atoms with van der Waals surface area (Å²) < 4.78 is 11.3. The van der Waals surface area contributed by atoms with E-state index in [1.165, 1.54) is 6.21 Å². The lowest BCUT2D eigenvalue weighted by molar-refractivity contribution is 0.0955. The molecule has 0 fully saturated rings. The minimum Gasteiger partial charge on any atom is -0.497 e. The van der Waals surface area contributed by atoms with Crippen molar-refractivity contribution in [2.45, 2.75) is 0 Å². The first-order valence-corrected chi connectivity index (χ1v) is 7.23. The topological polar surface area (TPSA) is 59.9 Å². The molecule has 2 aromatic rings. The van der Waals surface area contributed by atoms with Gasteiger partial charge in [-0.1, -0.05) is 15.9 Å². The highest BCUT2D eigenvalue weighted by Gasteiger charge is 2.03. The van der Waals surface area contributed by atoms with E-state index in [1.54, 1.807) is 56.7 Å². The van der Waals surface area contributed by atoms with Gasteiger partial charge in [-0.15, -0.1) is 0 Å². The van der Waals surface area contributed by atoms with Crippen LogP contribution in [0, 0.1) is 0 Å². The van der Waals surface area contributed by atoms with Crippen molar-refractivity contribution >= 4 is 28.1 Å². The van der Waals surface area contributed by atoms with Crippen LogP contribution in [0.15, 0.2) is 52.0 Å². The van der Waals surface area contributed by atoms with Crippen molar-refractivity contribution in [1.29, 1.82) is 0 Å². The summed E-state index contributed by atoms with van der Waals surface area (Å²) in [4.78, 5) is 11.9. The van der Waals surface area contributed by atoms with Gasteiger partial charge in [-0.05, 0) is 36.4 Å². The van der Waals surface area contributed by atoms with E-state index in [-0.39, 0.29) is 5.91 Å². The molecule has 0 aliphatic heterocycles. The number of halogens is 1. The molecule has 5 nitrogen and oxygen atoms in total. The third kappa shape index (κ3) is 4.33. The molecule has 0 saturated heterocycles. The summed E-state index contributed by atoms with van der Waals surface area (Å²) >= 11 is 3.32. The summed E-state index contributed by atoms with van der Waals surface area (Å²) in [6.07, 6.45) is 1.53. The second-order valence-corrected chi connectivity index (χ2v) is 5.27. The maximum absolute atomic E-state index is 11.9. The van der Waals surface area contributed by atoms with Gasteiger partial charge in [0.1, 0.15) is 11.5 Å². The van der Waals surface area contributed by atoms with Crippen LogP contribution in [0.2, 0.25) is 0 Å². The van der Waals surface area contributed by atoms with Crippen LogP contribution >= 0.6 is 15.9 Å². The second-order valence-electron chi connectivity index (χ2n) is 4.35. The maximum atomic E-state index is 11.9. The molecule has 6 heteroatoms. The van der Waals surface area contributed by atoms with Gasteiger partial charge in [-0.3, -0.25) is 4.79 Å². The van der Waals surface area contributed by atoms with Crippen molar-refractivity contribution in [2.75, 3.05) is 14.2 Å². The Labute approximate surface area is 137 Å². The molecule has 1 N–H and O–H groups in total. The summed E-state index contributed by atoms with van der Waals surface area (Å²) in [7, 11) is 3.15. The molecule has 0 aliphatic carbocycles. The predicted octanol–water partition coefficient (Wildman–Crippen LogP) is 3.23. The van der Waals surface area contributed by atoms with E-state index >= 15 is 0 Å². The van der Waals surface area contributed by atoms with Gasteiger partial charge in [-0.25, -0.2) is 5.43 Å². The Morgan fingerprint density at radius 3 is 2.23 bits per heavy atom. The molecule has 0 radical (unpaired) electrons. The number of methoxy groups -OCH3 is 2. The Balaban J connectivity index is 2.05. The monoisotopic (exact) mass is 362 g/mol. The highest BCUT2D eigenvalue weighted by molar-refractivity contribution is 9.10. The van der Waals surface area contributed by atoms with Crippen molar-refractivity contribution in [2.24, 2.45) is 5.10 Å². The van der Waals surface area contributed by atoms with Crippen LogP contribution in [0.25, 0.3) is 0 Å². The number of nitrogens with zero attached hydrogens (tertiary/aromatic N) is 1. The molecule has 2 aromatic carbocycles. The average Bonchev–Trinajstić information content (AvgIpc) is 2.55. The number of rotatable bonds is 5. The number of hydrazone groups is 1. The summed E-state index contributed by atoms with van der Waals surface area (Å²) in [6, 6.07) is 12.4. The SMILES string of the molecule is COc1cc(/C=N/NC(=O)c2ccc(Br)cc2)cc(OC)c1. The van der Waals surface area contributed by atoms with Crippen LogP contribution in [0.5, 0.6) is 11.5 Å². The number of hydrogen-bond acceptors (Lipinski definition) is 4. The smallest absolute Gasteiger partial charge is 0.271 e. The summed E-state index contributed by atoms with van der Waals surface area (Å²) in [5.41, 5.74) is 3.76. The Morgan fingerprint density at radius 1 is 1.09 bits per heavy atom. The molecule has 1 amide bonds. The fraction of sp³-hybridized carbons (Fsp3) is 0.125. The third-order valence-electron chi connectivity index (χ3n) is 2.86. The zero-order valence-electron chi connectivity index (χ0n) is 12.2. The minimum atomic E-state index is -0.279. The Hall–Kier alpha value is -2.34. The average molecular weight is 363 g/mol. The molecule has 22 heavy (non-hydrogen) atoms. The molecule has 0 spiro atoms. The fourth-order valence-corrected chi connectivity index (χ4v) is 2.00. The molecule has 0 aliphatic rings. The van der Waals surface area contributed by atoms with Crippen LogP contribution in [0.4, 0.5) is 0 Å². The molecule has 0 heterocycles. The van der Waals surface area contributed by atoms with Crippen molar-refractivity contribution < 1.29 is 14.3 Å². The molecule has 0 atom stereocenters. The van der Waals surface area contributed by atoms with E-state index in [9.17, 15) is 4.79 Å². The van der Waals surface area contributed by atoms with Gasteiger partial charge in [0.05, 0.1) is 20.4 Å². The zero-order valence-corrected chi connectivity index (χ0v) is 13.8. The van der Waals surface area contributed by atoms with E-state index in [4.69, 9.17) is 9.47 Å². The third-order valence-corrected chi connectivity index (χ3v) is 3.39. The molecule has 0 bridgehead atoms. The van der Waals surface area contributed by atoms with Crippen molar-refractivity contribution in [3.63, 3.8) is 0 Å². The van der Waals surface area contributed by atoms with Crippen LogP contribution in [0.3, 0.4) is 0 Å². The van der Waals surface area contributed by atoms with E-state index < -0.39 is 0 Å². The Bertz CT molecular complexity index is 662. The lowest BCUT2D eigenvalue weighted by atomic mass is 10.2. The number of ether oxygens (including phenoxy) is 2. The first kappa shape index (κ1) is 16.0. The van der Waals surface area contributed by atoms with E-state index in [0.29, 0.717) is 17.1 Å². The number of hydrogen-bond donors (Lipinski definition) is 1. The van der Waals surface area contributed by atoms with Gasteiger partial charge in [0.15, 0.2) is 0 Å². The van der Waals surface area contributed by atoms with Crippen molar-refractivity contribution in [3.05, 3.63) is 58.1 Å². The van der Waals surface area contributed by atoms with Gasteiger partial charge in [0, 0.05) is 21.7 Å². The summed E-state index contributed by atoms with van der Waals surface area (Å²) in [6.45, 7) is 0. The molecule has 2 rings (SSSR count). The van der Waals surface area contributed by atoms with Gasteiger partial charge in [0.2, 0.25) is 0 Å². The highest BCUT2D eigenvalue weighted by Crippen LogP contribution is 2.21. The Kier molecular flexibility index (Phi) is 5.55. The van der Waals surface area contributed by atoms with Crippen LogP contribution in [0.1, 0.15) is 15.9 Å². The quantitative estimate of drug-likeness (QED) is 0.656.